The molecule has 0 saturated carbocycles. The van der Waals surface area contributed by atoms with Gasteiger partial charge in [-0.15, -0.1) is 0 Å². The largest absolute Gasteiger partial charge is 0.493 e. The first-order valence-corrected chi connectivity index (χ1v) is 7.33. The number of nitrogens with two attached hydrogens (primary N) is 1. The molecule has 100 valence electrons. The molecule has 0 atom stereocenters. The molecule has 0 amide bonds. The van der Waals surface area contributed by atoms with Crippen molar-refractivity contribution in [1.29, 1.82) is 0 Å². The van der Waals surface area contributed by atoms with E-state index in [0.29, 0.717) is 12.3 Å². The van der Waals surface area contributed by atoms with Crippen LogP contribution in [-0.4, -0.2) is 6.61 Å². The first-order valence-electron chi connectivity index (χ1n) is 6.14. The Bertz CT molecular complexity index is 560. The molecular weight excluding hydrogens is 278 g/mol. The van der Waals surface area contributed by atoms with E-state index < -0.39 is 0 Å². The summed E-state index contributed by atoms with van der Waals surface area (Å²) in [4.78, 5) is 2.13. The van der Waals surface area contributed by atoms with Gasteiger partial charge in [-0.25, -0.2) is 0 Å². The van der Waals surface area contributed by atoms with Gasteiger partial charge in [-0.1, -0.05) is 36.4 Å². The van der Waals surface area contributed by atoms with Crippen LogP contribution in [-0.2, 0) is 0 Å². The lowest BCUT2D eigenvalue weighted by Crippen LogP contribution is -1.96. The standard InChI is InChI=1S/C15H16ClNOS/c1-2-6-18-13-8-12(17)9-15(10-13)19-14-5-3-4-11(16)7-14/h3-5,7-10H,2,6,17H2,1H3. The number of nitrogen functional groups attached to an aromatic ring is 1. The van der Waals surface area contributed by atoms with E-state index in [-0.39, 0.29) is 0 Å². The van der Waals surface area contributed by atoms with Crippen molar-refractivity contribution in [2.75, 3.05) is 12.3 Å². The maximum Gasteiger partial charge on any atom is 0.122 e. The molecule has 0 heterocycles. The van der Waals surface area contributed by atoms with E-state index in [9.17, 15) is 0 Å². The first-order chi connectivity index (χ1) is 9.17. The van der Waals surface area contributed by atoms with E-state index in [4.69, 9.17) is 22.1 Å². The molecule has 2 N–H and O–H groups in total. The summed E-state index contributed by atoms with van der Waals surface area (Å²) in [6.45, 7) is 2.78. The summed E-state index contributed by atoms with van der Waals surface area (Å²) in [5, 5.41) is 0.733. The average molecular weight is 294 g/mol. The Morgan fingerprint density at radius 1 is 1.16 bits per heavy atom. The second-order valence-corrected chi connectivity index (χ2v) is 5.73. The molecule has 4 heteroatoms. The number of rotatable bonds is 5. The topological polar surface area (TPSA) is 35.2 Å². The maximum absolute atomic E-state index is 5.98. The number of hydrogen-bond donors (Lipinski definition) is 1. The predicted molar refractivity (Wildman–Crippen MR) is 82.2 cm³/mol. The van der Waals surface area contributed by atoms with Crippen LogP contribution in [0.2, 0.25) is 5.02 Å². The lowest BCUT2D eigenvalue weighted by Gasteiger charge is -2.09. The average Bonchev–Trinajstić information content (AvgIpc) is 2.35. The van der Waals surface area contributed by atoms with Crippen LogP contribution in [0.5, 0.6) is 5.75 Å². The smallest absolute Gasteiger partial charge is 0.122 e. The van der Waals surface area contributed by atoms with Crippen molar-refractivity contribution in [3.05, 3.63) is 47.5 Å². The molecule has 0 radical (unpaired) electrons. The minimum Gasteiger partial charge on any atom is -0.493 e. The highest BCUT2D eigenvalue weighted by atomic mass is 35.5. The van der Waals surface area contributed by atoms with Crippen LogP contribution >= 0.6 is 23.4 Å². The first kappa shape index (κ1) is 14.1. The van der Waals surface area contributed by atoms with Gasteiger partial charge in [0.05, 0.1) is 6.61 Å². The van der Waals surface area contributed by atoms with Crippen LogP contribution in [0, 0.1) is 0 Å². The predicted octanol–water partition coefficient (Wildman–Crippen LogP) is 4.86. The van der Waals surface area contributed by atoms with E-state index in [2.05, 4.69) is 6.92 Å². The molecule has 2 aromatic rings. The van der Waals surface area contributed by atoms with Crippen molar-refractivity contribution in [3.8, 4) is 5.75 Å². The number of halogens is 1. The molecule has 2 nitrogen and oxygen atoms in total. The van der Waals surface area contributed by atoms with Crippen molar-refractivity contribution in [3.63, 3.8) is 0 Å². The Kier molecular flexibility index (Phi) is 5.00. The fourth-order valence-electron chi connectivity index (χ4n) is 1.62. The van der Waals surface area contributed by atoms with E-state index >= 15 is 0 Å². The second kappa shape index (κ2) is 6.73. The van der Waals surface area contributed by atoms with Crippen LogP contribution < -0.4 is 10.5 Å². The third-order valence-electron chi connectivity index (χ3n) is 2.41. The van der Waals surface area contributed by atoms with Crippen molar-refractivity contribution in [2.45, 2.75) is 23.1 Å². The highest BCUT2D eigenvalue weighted by Crippen LogP contribution is 2.33. The van der Waals surface area contributed by atoms with Gasteiger partial charge >= 0.3 is 0 Å². The maximum atomic E-state index is 5.98. The van der Waals surface area contributed by atoms with Gasteiger partial charge in [0.15, 0.2) is 0 Å². The summed E-state index contributed by atoms with van der Waals surface area (Å²) in [5.74, 6) is 0.811. The zero-order valence-electron chi connectivity index (χ0n) is 10.7. The number of benzene rings is 2. The molecule has 2 aromatic carbocycles. The van der Waals surface area contributed by atoms with Gasteiger partial charge in [0, 0.05) is 26.6 Å². The quantitative estimate of drug-likeness (QED) is 0.799. The van der Waals surface area contributed by atoms with Gasteiger partial charge < -0.3 is 10.5 Å². The molecule has 0 aliphatic rings. The van der Waals surface area contributed by atoms with E-state index in [1.54, 1.807) is 11.8 Å². The Balaban J connectivity index is 2.17. The molecule has 2 rings (SSSR count). The van der Waals surface area contributed by atoms with Crippen molar-refractivity contribution in [1.82, 2.24) is 0 Å². The zero-order valence-corrected chi connectivity index (χ0v) is 12.3. The number of anilines is 1. The number of ether oxygens (including phenoxy) is 1. The van der Waals surface area contributed by atoms with Crippen molar-refractivity contribution in [2.24, 2.45) is 0 Å². The normalized spacial score (nSPS) is 10.4. The molecule has 0 spiro atoms. The van der Waals surface area contributed by atoms with Crippen LogP contribution in [0.15, 0.2) is 52.3 Å². The van der Waals surface area contributed by atoms with Crippen LogP contribution in [0.25, 0.3) is 0 Å². The fourth-order valence-corrected chi connectivity index (χ4v) is 2.85. The summed E-state index contributed by atoms with van der Waals surface area (Å²) in [6.07, 6.45) is 0.978. The fraction of sp³-hybridized carbons (Fsp3) is 0.200. The van der Waals surface area contributed by atoms with Gasteiger partial charge in [0.1, 0.15) is 5.75 Å². The Hall–Kier alpha value is -1.32. The van der Waals surface area contributed by atoms with Gasteiger partial charge in [0.2, 0.25) is 0 Å². The monoisotopic (exact) mass is 293 g/mol. The van der Waals surface area contributed by atoms with Gasteiger partial charge in [-0.3, -0.25) is 0 Å². The summed E-state index contributed by atoms with van der Waals surface area (Å²) in [5.41, 5.74) is 6.60. The van der Waals surface area contributed by atoms with Crippen LogP contribution in [0.3, 0.4) is 0 Å². The molecule has 0 bridgehead atoms. The highest BCUT2D eigenvalue weighted by molar-refractivity contribution is 7.99. The van der Waals surface area contributed by atoms with Gasteiger partial charge in [-0.2, -0.15) is 0 Å². The molecule has 0 aliphatic heterocycles. The molecule has 0 fully saturated rings. The summed E-state index contributed by atoms with van der Waals surface area (Å²) in [6, 6.07) is 13.5. The number of hydrogen-bond acceptors (Lipinski definition) is 3. The lowest BCUT2D eigenvalue weighted by molar-refractivity contribution is 0.317. The minimum absolute atomic E-state index is 0.699. The molecular formula is C15H16ClNOS. The summed E-state index contributed by atoms with van der Waals surface area (Å²) < 4.78 is 5.62. The Labute approximate surface area is 122 Å². The minimum atomic E-state index is 0.699. The third kappa shape index (κ3) is 4.37. The van der Waals surface area contributed by atoms with Gasteiger partial charge in [0.25, 0.3) is 0 Å². The zero-order chi connectivity index (χ0) is 13.7. The van der Waals surface area contributed by atoms with Crippen LogP contribution in [0.1, 0.15) is 13.3 Å². The molecule has 19 heavy (non-hydrogen) atoms. The summed E-state index contributed by atoms with van der Waals surface area (Å²) >= 11 is 7.60. The van der Waals surface area contributed by atoms with E-state index in [1.165, 1.54) is 0 Å². The highest BCUT2D eigenvalue weighted by Gasteiger charge is 2.03. The van der Waals surface area contributed by atoms with Crippen molar-refractivity contribution >= 4 is 29.1 Å². The second-order valence-electron chi connectivity index (χ2n) is 4.15. The summed E-state index contributed by atoms with van der Waals surface area (Å²) in [7, 11) is 0. The molecule has 0 saturated heterocycles. The molecule has 0 aliphatic carbocycles. The van der Waals surface area contributed by atoms with Crippen molar-refractivity contribution < 1.29 is 4.74 Å². The Morgan fingerprint density at radius 2 is 2.00 bits per heavy atom. The SMILES string of the molecule is CCCOc1cc(N)cc(Sc2cccc(Cl)c2)c1. The molecule has 0 aromatic heterocycles. The van der Waals surface area contributed by atoms with E-state index in [1.807, 2.05) is 42.5 Å². The molecule has 0 unspecified atom stereocenters. The lowest BCUT2D eigenvalue weighted by atomic mass is 10.3. The van der Waals surface area contributed by atoms with Crippen LogP contribution in [0.4, 0.5) is 5.69 Å². The van der Waals surface area contributed by atoms with Gasteiger partial charge in [-0.05, 0) is 36.8 Å². The third-order valence-corrected chi connectivity index (χ3v) is 3.60. The van der Waals surface area contributed by atoms with E-state index in [0.717, 1.165) is 27.0 Å². The Morgan fingerprint density at radius 3 is 2.74 bits per heavy atom.